The first-order chi connectivity index (χ1) is 9.63. The molecule has 0 aromatic heterocycles. The highest BCUT2D eigenvalue weighted by atomic mass is 35.5. The van der Waals surface area contributed by atoms with Gasteiger partial charge in [-0.15, -0.1) is 0 Å². The van der Waals surface area contributed by atoms with Crippen LogP contribution in [0.25, 0.3) is 0 Å². The molecule has 2 amide bonds. The number of hydrogen-bond acceptors (Lipinski definition) is 2. The summed E-state index contributed by atoms with van der Waals surface area (Å²) >= 11 is 12.4. The van der Waals surface area contributed by atoms with Gasteiger partial charge in [0.1, 0.15) is 5.75 Å². The van der Waals surface area contributed by atoms with Gasteiger partial charge in [0.2, 0.25) is 0 Å². The van der Waals surface area contributed by atoms with Crippen LogP contribution in [0.15, 0.2) is 24.4 Å². The maximum Gasteiger partial charge on any atom is 0.327 e. The molecule has 1 heterocycles. The van der Waals surface area contributed by atoms with Crippen LogP contribution >= 0.6 is 23.2 Å². The Labute approximate surface area is 134 Å². The molecule has 1 saturated heterocycles. The van der Waals surface area contributed by atoms with Crippen LogP contribution in [0.4, 0.5) is 10.5 Å². The Bertz CT molecular complexity index is 612. The van der Waals surface area contributed by atoms with E-state index < -0.39 is 5.54 Å². The number of nitrogens with zero attached hydrogens (tertiary/aromatic N) is 1. The normalized spacial score (nSPS) is 17.4. The topological polar surface area (TPSA) is 41.6 Å². The molecule has 6 heteroatoms. The molecule has 0 unspecified atom stereocenters. The van der Waals surface area contributed by atoms with Crippen molar-refractivity contribution >= 4 is 34.9 Å². The van der Waals surface area contributed by atoms with Crippen molar-refractivity contribution < 1.29 is 9.53 Å². The quantitative estimate of drug-likeness (QED) is 0.880. The molecule has 1 aliphatic rings. The van der Waals surface area contributed by atoms with Gasteiger partial charge in [-0.3, -0.25) is 4.90 Å². The van der Waals surface area contributed by atoms with E-state index in [2.05, 4.69) is 11.9 Å². The van der Waals surface area contributed by atoms with Crippen LogP contribution in [0, 0.1) is 0 Å². The lowest BCUT2D eigenvalue weighted by Gasteiger charge is -2.23. The monoisotopic (exact) mass is 328 g/mol. The molecule has 114 valence electrons. The highest BCUT2D eigenvalue weighted by molar-refractivity contribution is 6.37. The lowest BCUT2D eigenvalue weighted by Crippen LogP contribution is -2.35. The molecule has 1 N–H and O–H groups in total. The summed E-state index contributed by atoms with van der Waals surface area (Å²) < 4.78 is 5.64. The maximum absolute atomic E-state index is 12.2. The fraction of sp³-hybridized carbons (Fsp3) is 0.400. The highest BCUT2D eigenvalue weighted by Gasteiger charge is 2.40. The minimum atomic E-state index is -0.529. The molecule has 0 spiro atoms. The summed E-state index contributed by atoms with van der Waals surface area (Å²) in [4.78, 5) is 13.6. The van der Waals surface area contributed by atoms with Gasteiger partial charge in [-0.1, -0.05) is 29.8 Å². The van der Waals surface area contributed by atoms with Gasteiger partial charge in [0.25, 0.3) is 0 Å². The van der Waals surface area contributed by atoms with Crippen LogP contribution in [0.2, 0.25) is 10.0 Å². The number of benzene rings is 1. The average Bonchev–Trinajstić information content (AvgIpc) is 2.52. The van der Waals surface area contributed by atoms with Gasteiger partial charge in [-0.25, -0.2) is 4.79 Å². The zero-order chi connectivity index (χ0) is 15.9. The number of carbonyl (C=O) groups excluding carboxylic acids is 1. The molecule has 2 rings (SSSR count). The Kier molecular flexibility index (Phi) is 4.13. The van der Waals surface area contributed by atoms with Crippen molar-refractivity contribution in [3.8, 4) is 5.75 Å². The van der Waals surface area contributed by atoms with Crippen LogP contribution in [-0.2, 0) is 0 Å². The number of urea groups is 1. The smallest absolute Gasteiger partial charge is 0.327 e. The van der Waals surface area contributed by atoms with Crippen molar-refractivity contribution in [2.45, 2.75) is 39.3 Å². The van der Waals surface area contributed by atoms with E-state index in [0.717, 1.165) is 0 Å². The third kappa shape index (κ3) is 2.97. The Morgan fingerprint density at radius 2 is 1.90 bits per heavy atom. The lowest BCUT2D eigenvalue weighted by atomic mass is 10.0. The number of anilines is 1. The molecule has 1 aromatic rings. The highest BCUT2D eigenvalue weighted by Crippen LogP contribution is 2.41. The zero-order valence-corrected chi connectivity index (χ0v) is 14.0. The van der Waals surface area contributed by atoms with E-state index in [0.29, 0.717) is 27.2 Å². The number of halogens is 2. The third-order valence-electron chi connectivity index (χ3n) is 3.22. The summed E-state index contributed by atoms with van der Waals surface area (Å²) in [5.74, 6) is 0.483. The fourth-order valence-electron chi connectivity index (χ4n) is 2.09. The van der Waals surface area contributed by atoms with Crippen LogP contribution in [0.3, 0.4) is 0 Å². The van der Waals surface area contributed by atoms with Crippen LogP contribution in [-0.4, -0.2) is 17.7 Å². The summed E-state index contributed by atoms with van der Waals surface area (Å²) in [6.45, 7) is 11.5. The molecule has 0 saturated carbocycles. The number of amides is 2. The summed E-state index contributed by atoms with van der Waals surface area (Å²) in [7, 11) is 0. The van der Waals surface area contributed by atoms with Crippen molar-refractivity contribution in [2.75, 3.05) is 4.90 Å². The Morgan fingerprint density at radius 1 is 1.29 bits per heavy atom. The first kappa shape index (κ1) is 16.0. The second-order valence-corrected chi connectivity index (χ2v) is 6.55. The number of carbonyl (C=O) groups is 1. The molecule has 4 nitrogen and oxygen atoms in total. The average molecular weight is 329 g/mol. The fourth-order valence-corrected chi connectivity index (χ4v) is 2.60. The predicted molar refractivity (Wildman–Crippen MR) is 86.5 cm³/mol. The van der Waals surface area contributed by atoms with Crippen LogP contribution < -0.4 is 15.0 Å². The Balaban J connectivity index is 2.49. The van der Waals surface area contributed by atoms with E-state index in [9.17, 15) is 4.79 Å². The molecule has 0 atom stereocenters. The molecule has 1 aromatic carbocycles. The van der Waals surface area contributed by atoms with Gasteiger partial charge in [-0.2, -0.15) is 0 Å². The van der Waals surface area contributed by atoms with E-state index in [-0.39, 0.29) is 12.1 Å². The third-order valence-corrected chi connectivity index (χ3v) is 3.82. The standard InChI is InChI=1S/C15H18Cl2N2O2/c1-8(2)21-13-7-12(10(16)6-11(13)17)19-9(3)15(4,5)18-14(19)20/h6-8H,3H2,1-2,4-5H3,(H,18,20). The van der Waals surface area contributed by atoms with Crippen molar-refractivity contribution in [2.24, 2.45) is 0 Å². The molecule has 0 bridgehead atoms. The SMILES string of the molecule is C=C1N(c2cc(OC(C)C)c(Cl)cc2Cl)C(=O)NC1(C)C. The van der Waals surface area contributed by atoms with E-state index in [1.54, 1.807) is 12.1 Å². The maximum atomic E-state index is 12.2. The van der Waals surface area contributed by atoms with Gasteiger partial charge in [0.15, 0.2) is 0 Å². The number of ether oxygens (including phenoxy) is 1. The van der Waals surface area contributed by atoms with Crippen molar-refractivity contribution in [3.63, 3.8) is 0 Å². The van der Waals surface area contributed by atoms with Gasteiger partial charge >= 0.3 is 6.03 Å². The van der Waals surface area contributed by atoms with Crippen LogP contribution in [0.1, 0.15) is 27.7 Å². The summed E-state index contributed by atoms with van der Waals surface area (Å²) in [5, 5.41) is 3.62. The summed E-state index contributed by atoms with van der Waals surface area (Å²) in [5.41, 5.74) is 0.594. The Hall–Kier alpha value is -1.39. The second kappa shape index (κ2) is 5.43. The van der Waals surface area contributed by atoms with Gasteiger partial charge in [-0.05, 0) is 33.8 Å². The largest absolute Gasteiger partial charge is 0.489 e. The summed E-state index contributed by atoms with van der Waals surface area (Å²) in [6.07, 6.45) is -0.0384. The molecule has 21 heavy (non-hydrogen) atoms. The summed E-state index contributed by atoms with van der Waals surface area (Å²) in [6, 6.07) is 2.96. The van der Waals surface area contributed by atoms with Crippen molar-refractivity contribution in [1.82, 2.24) is 5.32 Å². The van der Waals surface area contributed by atoms with Gasteiger partial charge < -0.3 is 10.1 Å². The lowest BCUT2D eigenvalue weighted by molar-refractivity contribution is 0.242. The number of rotatable bonds is 3. The zero-order valence-electron chi connectivity index (χ0n) is 12.5. The Morgan fingerprint density at radius 3 is 2.38 bits per heavy atom. The van der Waals surface area contributed by atoms with Crippen molar-refractivity contribution in [1.29, 1.82) is 0 Å². The van der Waals surface area contributed by atoms with Crippen LogP contribution in [0.5, 0.6) is 5.75 Å². The van der Waals surface area contributed by atoms with Gasteiger partial charge in [0, 0.05) is 11.8 Å². The molecule has 0 radical (unpaired) electrons. The first-order valence-electron chi connectivity index (χ1n) is 6.61. The molecular formula is C15H18Cl2N2O2. The molecule has 1 fully saturated rings. The van der Waals surface area contributed by atoms with E-state index in [4.69, 9.17) is 27.9 Å². The number of nitrogens with one attached hydrogen (secondary N) is 1. The first-order valence-corrected chi connectivity index (χ1v) is 7.36. The minimum absolute atomic E-state index is 0.0384. The van der Waals surface area contributed by atoms with Gasteiger partial charge in [0.05, 0.1) is 27.4 Å². The van der Waals surface area contributed by atoms with E-state index in [1.807, 2.05) is 27.7 Å². The van der Waals surface area contributed by atoms with E-state index in [1.165, 1.54) is 4.90 Å². The minimum Gasteiger partial charge on any atom is -0.489 e. The second-order valence-electron chi connectivity index (χ2n) is 5.74. The predicted octanol–water partition coefficient (Wildman–Crippen LogP) is 4.60. The molecule has 1 aliphatic heterocycles. The number of hydrogen-bond donors (Lipinski definition) is 1. The molecular weight excluding hydrogens is 311 g/mol. The molecule has 0 aliphatic carbocycles. The van der Waals surface area contributed by atoms with E-state index >= 15 is 0 Å². The van der Waals surface area contributed by atoms with Crippen molar-refractivity contribution in [3.05, 3.63) is 34.5 Å².